The van der Waals surface area contributed by atoms with Gasteiger partial charge in [0.1, 0.15) is 0 Å². The number of hydrogen-bond donors (Lipinski definition) is 0. The van der Waals surface area contributed by atoms with E-state index in [-0.39, 0.29) is 5.24 Å². The molecule has 0 saturated carbocycles. The van der Waals surface area contributed by atoms with Crippen molar-refractivity contribution in [3.05, 3.63) is 35.4 Å². The standard InChI is InChI=1S/C29H49ClO/c1-2-3-4-5-6-7-8-9-10-11-12-13-14-15-16-17-18-19-20-21-22-27-23-25-28(26-24-27)29(30)31/h23-26H,2-22H2,1H3. The van der Waals surface area contributed by atoms with Crippen molar-refractivity contribution >= 4 is 16.8 Å². The second-order valence-electron chi connectivity index (χ2n) is 9.44. The van der Waals surface area contributed by atoms with E-state index < -0.39 is 0 Å². The predicted molar refractivity (Wildman–Crippen MR) is 138 cm³/mol. The van der Waals surface area contributed by atoms with Gasteiger partial charge in [0.25, 0.3) is 5.24 Å². The van der Waals surface area contributed by atoms with Crippen molar-refractivity contribution in [2.75, 3.05) is 0 Å². The van der Waals surface area contributed by atoms with Crippen molar-refractivity contribution < 1.29 is 4.79 Å². The van der Waals surface area contributed by atoms with Crippen LogP contribution in [0.4, 0.5) is 0 Å². The zero-order chi connectivity index (χ0) is 22.4. The van der Waals surface area contributed by atoms with Gasteiger partial charge in [-0.05, 0) is 42.1 Å². The minimum Gasteiger partial charge on any atom is -0.276 e. The summed E-state index contributed by atoms with van der Waals surface area (Å²) in [5.74, 6) is 0. The molecule has 0 aliphatic rings. The summed E-state index contributed by atoms with van der Waals surface area (Å²) in [6.45, 7) is 2.29. The summed E-state index contributed by atoms with van der Waals surface area (Å²) in [4.78, 5) is 11.1. The normalized spacial score (nSPS) is 11.2. The van der Waals surface area contributed by atoms with Gasteiger partial charge in [-0.1, -0.05) is 141 Å². The molecule has 0 saturated heterocycles. The Kier molecular flexibility index (Phi) is 19.2. The molecular formula is C29H49ClO. The molecule has 0 amide bonds. The van der Waals surface area contributed by atoms with E-state index in [4.69, 9.17) is 11.6 Å². The lowest BCUT2D eigenvalue weighted by Crippen LogP contribution is -1.91. The molecule has 0 aliphatic heterocycles. The van der Waals surface area contributed by atoms with Crippen molar-refractivity contribution in [2.24, 2.45) is 0 Å². The van der Waals surface area contributed by atoms with Gasteiger partial charge in [0, 0.05) is 5.56 Å². The van der Waals surface area contributed by atoms with Crippen molar-refractivity contribution in [3.8, 4) is 0 Å². The Bertz CT molecular complexity index is 522. The van der Waals surface area contributed by atoms with E-state index in [0.717, 1.165) is 6.42 Å². The molecule has 0 spiro atoms. The predicted octanol–water partition coefficient (Wildman–Crippen LogP) is 10.4. The first-order valence-electron chi connectivity index (χ1n) is 13.5. The van der Waals surface area contributed by atoms with Gasteiger partial charge in [0.15, 0.2) is 0 Å². The molecule has 0 unspecified atom stereocenters. The zero-order valence-electron chi connectivity index (χ0n) is 20.4. The van der Waals surface area contributed by atoms with E-state index in [1.165, 1.54) is 134 Å². The third kappa shape index (κ3) is 17.4. The van der Waals surface area contributed by atoms with Crippen LogP contribution in [-0.2, 0) is 6.42 Å². The smallest absolute Gasteiger partial charge is 0.252 e. The molecule has 0 N–H and O–H groups in total. The fourth-order valence-corrected chi connectivity index (χ4v) is 4.51. The van der Waals surface area contributed by atoms with Crippen LogP contribution in [0.5, 0.6) is 0 Å². The van der Waals surface area contributed by atoms with Crippen molar-refractivity contribution in [3.63, 3.8) is 0 Å². The van der Waals surface area contributed by atoms with E-state index in [1.807, 2.05) is 24.3 Å². The van der Waals surface area contributed by atoms with Gasteiger partial charge in [-0.25, -0.2) is 0 Å². The number of benzene rings is 1. The van der Waals surface area contributed by atoms with E-state index in [2.05, 4.69) is 6.92 Å². The van der Waals surface area contributed by atoms with Crippen LogP contribution < -0.4 is 0 Å². The number of carbonyl (C=O) groups excluding carboxylic acids is 1. The summed E-state index contributed by atoms with van der Waals surface area (Å²) >= 11 is 5.48. The lowest BCUT2D eigenvalue weighted by atomic mass is 10.0. The molecule has 1 aromatic rings. The van der Waals surface area contributed by atoms with Crippen LogP contribution in [0.3, 0.4) is 0 Å². The number of carbonyl (C=O) groups is 1. The average Bonchev–Trinajstić information content (AvgIpc) is 2.78. The number of hydrogen-bond acceptors (Lipinski definition) is 1. The third-order valence-electron chi connectivity index (χ3n) is 6.50. The number of unbranched alkanes of at least 4 members (excludes halogenated alkanes) is 19. The Balaban J connectivity index is 1.75. The van der Waals surface area contributed by atoms with Crippen LogP contribution >= 0.6 is 11.6 Å². The van der Waals surface area contributed by atoms with Gasteiger partial charge < -0.3 is 0 Å². The minimum atomic E-state index is -0.370. The van der Waals surface area contributed by atoms with E-state index in [1.54, 1.807) is 0 Å². The summed E-state index contributed by atoms with van der Waals surface area (Å²) in [5.41, 5.74) is 1.90. The first-order valence-corrected chi connectivity index (χ1v) is 13.9. The minimum absolute atomic E-state index is 0.370. The van der Waals surface area contributed by atoms with Crippen LogP contribution in [0.2, 0.25) is 0 Å². The van der Waals surface area contributed by atoms with Gasteiger partial charge >= 0.3 is 0 Å². The third-order valence-corrected chi connectivity index (χ3v) is 6.72. The first-order chi connectivity index (χ1) is 15.2. The van der Waals surface area contributed by atoms with Crippen LogP contribution in [-0.4, -0.2) is 5.24 Å². The molecule has 0 heterocycles. The quantitative estimate of drug-likeness (QED) is 0.127. The topological polar surface area (TPSA) is 17.1 Å². The number of aryl methyl sites for hydroxylation is 1. The summed E-state index contributed by atoms with van der Waals surface area (Å²) in [5, 5.41) is -0.370. The van der Waals surface area contributed by atoms with Crippen molar-refractivity contribution in [1.29, 1.82) is 0 Å². The van der Waals surface area contributed by atoms with Gasteiger partial charge in [0.05, 0.1) is 0 Å². The molecule has 0 radical (unpaired) electrons. The Morgan fingerprint density at radius 3 is 1.19 bits per heavy atom. The second kappa shape index (κ2) is 21.0. The highest BCUT2D eigenvalue weighted by atomic mass is 35.5. The molecule has 1 aromatic carbocycles. The monoisotopic (exact) mass is 448 g/mol. The highest BCUT2D eigenvalue weighted by Crippen LogP contribution is 2.16. The van der Waals surface area contributed by atoms with Gasteiger partial charge in [0.2, 0.25) is 0 Å². The zero-order valence-corrected chi connectivity index (χ0v) is 21.2. The second-order valence-corrected chi connectivity index (χ2v) is 9.78. The van der Waals surface area contributed by atoms with Crippen LogP contribution in [0, 0.1) is 0 Å². The maximum Gasteiger partial charge on any atom is 0.252 e. The number of halogens is 1. The van der Waals surface area contributed by atoms with E-state index in [0.29, 0.717) is 5.56 Å². The fraction of sp³-hybridized carbons (Fsp3) is 0.759. The summed E-state index contributed by atoms with van der Waals surface area (Å²) in [6, 6.07) is 7.73. The maximum atomic E-state index is 11.1. The molecule has 2 heteroatoms. The van der Waals surface area contributed by atoms with Gasteiger partial charge in [-0.2, -0.15) is 0 Å². The highest BCUT2D eigenvalue weighted by Gasteiger charge is 2.01. The summed E-state index contributed by atoms with van der Waals surface area (Å²) in [6.07, 6.45) is 29.5. The Hall–Kier alpha value is -0.820. The van der Waals surface area contributed by atoms with Crippen molar-refractivity contribution in [2.45, 2.75) is 142 Å². The molecular weight excluding hydrogens is 400 g/mol. The molecule has 31 heavy (non-hydrogen) atoms. The highest BCUT2D eigenvalue weighted by molar-refractivity contribution is 6.67. The summed E-state index contributed by atoms with van der Waals surface area (Å²) < 4.78 is 0. The van der Waals surface area contributed by atoms with Crippen LogP contribution in [0.25, 0.3) is 0 Å². The van der Waals surface area contributed by atoms with Crippen molar-refractivity contribution in [1.82, 2.24) is 0 Å². The number of rotatable bonds is 22. The molecule has 0 aromatic heterocycles. The van der Waals surface area contributed by atoms with Gasteiger partial charge in [-0.3, -0.25) is 4.79 Å². The molecule has 178 valence electrons. The fourth-order valence-electron chi connectivity index (χ4n) is 4.39. The first kappa shape index (κ1) is 28.2. The van der Waals surface area contributed by atoms with Crippen LogP contribution in [0.1, 0.15) is 151 Å². The Morgan fingerprint density at radius 2 is 0.871 bits per heavy atom. The summed E-state index contributed by atoms with van der Waals surface area (Å²) in [7, 11) is 0. The molecule has 1 rings (SSSR count). The average molecular weight is 449 g/mol. The van der Waals surface area contributed by atoms with E-state index >= 15 is 0 Å². The molecule has 0 atom stereocenters. The lowest BCUT2D eigenvalue weighted by molar-refractivity contribution is 0.108. The van der Waals surface area contributed by atoms with E-state index in [9.17, 15) is 4.79 Å². The molecule has 1 nitrogen and oxygen atoms in total. The Labute approximate surface area is 198 Å². The van der Waals surface area contributed by atoms with Crippen LogP contribution in [0.15, 0.2) is 24.3 Å². The molecule has 0 bridgehead atoms. The molecule has 0 aliphatic carbocycles. The lowest BCUT2D eigenvalue weighted by Gasteiger charge is -2.04. The largest absolute Gasteiger partial charge is 0.276 e. The molecule has 0 fully saturated rings. The Morgan fingerprint density at radius 1 is 0.548 bits per heavy atom. The van der Waals surface area contributed by atoms with Gasteiger partial charge in [-0.15, -0.1) is 0 Å². The maximum absolute atomic E-state index is 11.1. The SMILES string of the molecule is CCCCCCCCCCCCCCCCCCCCCCc1ccc(C(=O)Cl)cc1.